The molecule has 1 aromatic carbocycles. The second-order valence-corrected chi connectivity index (χ2v) is 5.83. The average Bonchev–Trinajstić information content (AvgIpc) is 2.48. The number of benzene rings is 1. The van der Waals surface area contributed by atoms with E-state index in [1.807, 2.05) is 44.3 Å². The lowest BCUT2D eigenvalue weighted by Gasteiger charge is -2.30. The van der Waals surface area contributed by atoms with Crippen molar-refractivity contribution in [1.82, 2.24) is 4.90 Å². The minimum Gasteiger partial charge on any atom is -0.476 e. The van der Waals surface area contributed by atoms with Gasteiger partial charge in [-0.2, -0.15) is 5.26 Å². The predicted octanol–water partition coefficient (Wildman–Crippen LogP) is 1.40. The van der Waals surface area contributed by atoms with E-state index < -0.39 is 11.5 Å². The summed E-state index contributed by atoms with van der Waals surface area (Å²) in [7, 11) is 1.95. The van der Waals surface area contributed by atoms with Gasteiger partial charge in [-0.05, 0) is 31.7 Å². The first-order valence-corrected chi connectivity index (χ1v) is 6.98. The molecule has 0 aliphatic carbocycles. The third-order valence-corrected chi connectivity index (χ3v) is 3.29. The van der Waals surface area contributed by atoms with Crippen LogP contribution < -0.4 is 4.74 Å². The van der Waals surface area contributed by atoms with Crippen molar-refractivity contribution < 1.29 is 14.9 Å². The third-order valence-electron chi connectivity index (χ3n) is 3.29. The molecule has 116 valence electrons. The largest absolute Gasteiger partial charge is 0.476 e. The van der Waals surface area contributed by atoms with Crippen molar-refractivity contribution in [2.75, 3.05) is 26.8 Å². The van der Waals surface area contributed by atoms with Gasteiger partial charge < -0.3 is 19.8 Å². The van der Waals surface area contributed by atoms with Crippen molar-refractivity contribution in [2.45, 2.75) is 26.5 Å². The lowest BCUT2D eigenvalue weighted by molar-refractivity contribution is 0.0402. The van der Waals surface area contributed by atoms with Crippen LogP contribution in [0, 0.1) is 16.7 Å². The first kappa shape index (κ1) is 17.4. The number of nitrogens with zero attached hydrogens (tertiary/aromatic N) is 2. The first-order chi connectivity index (χ1) is 9.92. The van der Waals surface area contributed by atoms with Crippen molar-refractivity contribution in [2.24, 2.45) is 5.41 Å². The molecular formula is C16H24N2O3. The summed E-state index contributed by atoms with van der Waals surface area (Å²) >= 11 is 0. The fraction of sp³-hybridized carbons (Fsp3) is 0.562. The van der Waals surface area contributed by atoms with E-state index in [2.05, 4.69) is 4.90 Å². The highest BCUT2D eigenvalue weighted by Gasteiger charge is 2.24. The van der Waals surface area contributed by atoms with Gasteiger partial charge in [0.1, 0.15) is 11.8 Å². The molecule has 0 saturated heterocycles. The zero-order chi connectivity index (χ0) is 15.9. The van der Waals surface area contributed by atoms with Gasteiger partial charge in [0.15, 0.2) is 6.10 Å². The molecule has 1 atom stereocenters. The Morgan fingerprint density at radius 1 is 1.29 bits per heavy atom. The molecule has 1 rings (SSSR count). The van der Waals surface area contributed by atoms with Crippen molar-refractivity contribution in [3.8, 4) is 11.8 Å². The van der Waals surface area contributed by atoms with Gasteiger partial charge in [0, 0.05) is 18.5 Å². The molecule has 0 aromatic heterocycles. The number of aliphatic hydroxyl groups is 2. The maximum Gasteiger partial charge on any atom is 0.181 e. The van der Waals surface area contributed by atoms with E-state index in [4.69, 9.17) is 10.00 Å². The van der Waals surface area contributed by atoms with Gasteiger partial charge in [-0.15, -0.1) is 0 Å². The summed E-state index contributed by atoms with van der Waals surface area (Å²) in [6, 6.07) is 9.60. The van der Waals surface area contributed by atoms with Gasteiger partial charge in [0.2, 0.25) is 0 Å². The highest BCUT2D eigenvalue weighted by Crippen LogP contribution is 2.18. The molecule has 0 radical (unpaired) electrons. The zero-order valence-electron chi connectivity index (χ0n) is 12.9. The van der Waals surface area contributed by atoms with E-state index in [1.165, 1.54) is 0 Å². The van der Waals surface area contributed by atoms with Gasteiger partial charge in [-0.1, -0.05) is 19.1 Å². The molecule has 0 bridgehead atoms. The van der Waals surface area contributed by atoms with Crippen LogP contribution >= 0.6 is 0 Å². The van der Waals surface area contributed by atoms with Gasteiger partial charge in [0.05, 0.1) is 13.2 Å². The second kappa shape index (κ2) is 7.99. The summed E-state index contributed by atoms with van der Waals surface area (Å²) in [6.07, 6.45) is -0.465. The van der Waals surface area contributed by atoms with Crippen LogP contribution in [0.1, 0.15) is 19.4 Å². The Hall–Kier alpha value is -1.61. The van der Waals surface area contributed by atoms with E-state index >= 15 is 0 Å². The van der Waals surface area contributed by atoms with Gasteiger partial charge in [0.25, 0.3) is 0 Å². The van der Waals surface area contributed by atoms with E-state index in [0.717, 1.165) is 5.56 Å². The fourth-order valence-corrected chi connectivity index (χ4v) is 2.07. The summed E-state index contributed by atoms with van der Waals surface area (Å²) in [5.74, 6) is 0.672. The van der Waals surface area contributed by atoms with Gasteiger partial charge in [-0.25, -0.2) is 0 Å². The molecule has 1 aromatic rings. The summed E-state index contributed by atoms with van der Waals surface area (Å²) in [5, 5.41) is 27.3. The summed E-state index contributed by atoms with van der Waals surface area (Å²) in [6.45, 7) is 4.77. The normalized spacial score (nSPS) is 13.0. The van der Waals surface area contributed by atoms with Crippen LogP contribution in [0.4, 0.5) is 0 Å². The lowest BCUT2D eigenvalue weighted by atomic mass is 9.92. The Labute approximate surface area is 126 Å². The van der Waals surface area contributed by atoms with Crippen LogP contribution in [0.15, 0.2) is 24.3 Å². The Balaban J connectivity index is 2.57. The molecule has 0 aliphatic heterocycles. The summed E-state index contributed by atoms with van der Waals surface area (Å²) in [4.78, 5) is 2.06. The smallest absolute Gasteiger partial charge is 0.181 e. The summed E-state index contributed by atoms with van der Waals surface area (Å²) in [5.41, 5.74) is 0.604. The molecular weight excluding hydrogens is 268 g/mol. The van der Waals surface area contributed by atoms with Crippen molar-refractivity contribution in [3.63, 3.8) is 0 Å². The number of ether oxygens (including phenoxy) is 1. The van der Waals surface area contributed by atoms with E-state index in [9.17, 15) is 10.2 Å². The standard InChI is InChI=1S/C16H24N2O3/c1-13(8-17)21-15-6-4-14(5-7-15)9-18(3)10-16(2,11-19)12-20/h4-7,13,19-20H,9-12H2,1-3H3. The molecule has 0 fully saturated rings. The van der Waals surface area contributed by atoms with Crippen LogP contribution in [0.2, 0.25) is 0 Å². The highest BCUT2D eigenvalue weighted by molar-refractivity contribution is 5.27. The third kappa shape index (κ3) is 5.72. The van der Waals surface area contributed by atoms with Crippen LogP contribution in [-0.4, -0.2) is 48.0 Å². The number of hydrogen-bond acceptors (Lipinski definition) is 5. The minimum absolute atomic E-state index is 0.0489. The number of rotatable bonds is 8. The average molecular weight is 292 g/mol. The molecule has 0 amide bonds. The van der Waals surface area contributed by atoms with Crippen LogP contribution in [-0.2, 0) is 6.54 Å². The Bertz CT molecular complexity index is 463. The Kier molecular flexibility index (Phi) is 6.63. The molecule has 5 heteroatoms. The van der Waals surface area contributed by atoms with Crippen molar-refractivity contribution in [3.05, 3.63) is 29.8 Å². The topological polar surface area (TPSA) is 76.7 Å². The van der Waals surface area contributed by atoms with Crippen molar-refractivity contribution >= 4 is 0 Å². The van der Waals surface area contributed by atoms with E-state index in [-0.39, 0.29) is 13.2 Å². The molecule has 0 aliphatic rings. The lowest BCUT2D eigenvalue weighted by Crippen LogP contribution is -2.38. The van der Waals surface area contributed by atoms with Gasteiger partial charge in [-0.3, -0.25) is 0 Å². The van der Waals surface area contributed by atoms with E-state index in [1.54, 1.807) is 6.92 Å². The van der Waals surface area contributed by atoms with Crippen LogP contribution in [0.3, 0.4) is 0 Å². The molecule has 0 heterocycles. The Morgan fingerprint density at radius 2 is 1.86 bits per heavy atom. The number of aliphatic hydroxyl groups excluding tert-OH is 2. The Morgan fingerprint density at radius 3 is 2.33 bits per heavy atom. The zero-order valence-corrected chi connectivity index (χ0v) is 12.9. The molecule has 0 spiro atoms. The van der Waals surface area contributed by atoms with E-state index in [0.29, 0.717) is 18.8 Å². The quantitative estimate of drug-likeness (QED) is 0.757. The van der Waals surface area contributed by atoms with Gasteiger partial charge >= 0.3 is 0 Å². The highest BCUT2D eigenvalue weighted by atomic mass is 16.5. The van der Waals surface area contributed by atoms with Crippen LogP contribution in [0.5, 0.6) is 5.75 Å². The van der Waals surface area contributed by atoms with Crippen LogP contribution in [0.25, 0.3) is 0 Å². The monoisotopic (exact) mass is 292 g/mol. The summed E-state index contributed by atoms with van der Waals surface area (Å²) < 4.78 is 5.40. The fourth-order valence-electron chi connectivity index (χ4n) is 2.07. The first-order valence-electron chi connectivity index (χ1n) is 6.98. The maximum absolute atomic E-state index is 9.31. The molecule has 5 nitrogen and oxygen atoms in total. The molecule has 1 unspecified atom stereocenters. The van der Waals surface area contributed by atoms with Crippen molar-refractivity contribution in [1.29, 1.82) is 5.26 Å². The SMILES string of the molecule is CC(C#N)Oc1ccc(CN(C)CC(C)(CO)CO)cc1. The predicted molar refractivity (Wildman–Crippen MR) is 80.8 cm³/mol. The minimum atomic E-state index is -0.500. The molecule has 0 saturated carbocycles. The maximum atomic E-state index is 9.31. The molecule has 21 heavy (non-hydrogen) atoms. The molecule has 2 N–H and O–H groups in total. The number of hydrogen-bond donors (Lipinski definition) is 2. The second-order valence-electron chi connectivity index (χ2n) is 5.83. The number of nitriles is 1.